The molecule has 1 atom stereocenters. The van der Waals surface area contributed by atoms with Gasteiger partial charge in [0.05, 0.1) is 11.6 Å². The molecule has 5 nitrogen and oxygen atoms in total. The van der Waals surface area contributed by atoms with Crippen LogP contribution in [0.5, 0.6) is 0 Å². The highest BCUT2D eigenvalue weighted by atomic mass is 16.2. The number of benzene rings is 1. The van der Waals surface area contributed by atoms with Gasteiger partial charge in [-0.2, -0.15) is 0 Å². The molecule has 0 saturated carbocycles. The number of nitrogen functional groups attached to an aromatic ring is 1. The van der Waals surface area contributed by atoms with Gasteiger partial charge in [-0.1, -0.05) is 19.9 Å². The smallest absolute Gasteiger partial charge is 0.328 e. The standard InChI is InChI=1S/C14H19N3O2/c1-9(2)6-10-8-16-14(19)17(13(10)18)12-5-3-4-11(15)7-12/h3-5,7,9-10H,6,8,15H2,1-2H3,(H,16,19). The van der Waals surface area contributed by atoms with E-state index in [4.69, 9.17) is 5.73 Å². The summed E-state index contributed by atoms with van der Waals surface area (Å²) in [5.74, 6) is 0.0915. The monoisotopic (exact) mass is 261 g/mol. The number of amides is 3. The van der Waals surface area contributed by atoms with Crippen molar-refractivity contribution in [1.82, 2.24) is 5.32 Å². The molecule has 102 valence electrons. The Hall–Kier alpha value is -2.04. The molecule has 0 aromatic heterocycles. The minimum absolute atomic E-state index is 0.150. The van der Waals surface area contributed by atoms with Gasteiger partial charge in [0.25, 0.3) is 0 Å². The van der Waals surface area contributed by atoms with Crippen LogP contribution in [0.2, 0.25) is 0 Å². The highest BCUT2D eigenvalue weighted by Gasteiger charge is 2.35. The average Bonchev–Trinajstić information content (AvgIpc) is 2.33. The molecule has 1 saturated heterocycles. The molecule has 1 aliphatic heterocycles. The Bertz CT molecular complexity index is 499. The Balaban J connectivity index is 2.26. The normalized spacial score (nSPS) is 19.7. The van der Waals surface area contributed by atoms with Gasteiger partial charge in [0.1, 0.15) is 0 Å². The predicted octanol–water partition coefficient (Wildman–Crippen LogP) is 1.99. The van der Waals surface area contributed by atoms with Gasteiger partial charge >= 0.3 is 6.03 Å². The quantitative estimate of drug-likeness (QED) is 0.817. The van der Waals surface area contributed by atoms with Crippen molar-refractivity contribution in [2.24, 2.45) is 11.8 Å². The second-order valence-electron chi connectivity index (χ2n) is 5.28. The lowest BCUT2D eigenvalue weighted by molar-refractivity contribution is -0.122. The number of nitrogens with one attached hydrogen (secondary N) is 1. The molecule has 0 bridgehead atoms. The Morgan fingerprint density at radius 1 is 1.42 bits per heavy atom. The maximum absolute atomic E-state index is 12.4. The van der Waals surface area contributed by atoms with E-state index in [0.29, 0.717) is 23.8 Å². The molecule has 1 heterocycles. The van der Waals surface area contributed by atoms with Gasteiger partial charge in [-0.3, -0.25) is 4.79 Å². The predicted molar refractivity (Wildman–Crippen MR) is 74.7 cm³/mol. The van der Waals surface area contributed by atoms with E-state index in [-0.39, 0.29) is 17.9 Å². The van der Waals surface area contributed by atoms with Crippen LogP contribution in [0.3, 0.4) is 0 Å². The molecule has 1 aromatic carbocycles. The summed E-state index contributed by atoms with van der Waals surface area (Å²) in [5, 5.41) is 2.76. The minimum atomic E-state index is -0.379. The number of hydrogen-bond acceptors (Lipinski definition) is 3. The largest absolute Gasteiger partial charge is 0.399 e. The molecule has 0 aliphatic carbocycles. The lowest BCUT2D eigenvalue weighted by Gasteiger charge is -2.32. The third kappa shape index (κ3) is 2.86. The van der Waals surface area contributed by atoms with Crippen LogP contribution < -0.4 is 16.0 Å². The van der Waals surface area contributed by atoms with E-state index in [1.165, 1.54) is 4.90 Å². The SMILES string of the molecule is CC(C)CC1CNC(=O)N(c2cccc(N)c2)C1=O. The van der Waals surface area contributed by atoms with Crippen molar-refractivity contribution in [2.75, 3.05) is 17.2 Å². The number of hydrogen-bond donors (Lipinski definition) is 2. The second kappa shape index (κ2) is 5.30. The fraction of sp³-hybridized carbons (Fsp3) is 0.429. The zero-order valence-electron chi connectivity index (χ0n) is 11.2. The topological polar surface area (TPSA) is 75.4 Å². The molecule has 1 aromatic rings. The Kier molecular flexibility index (Phi) is 3.74. The van der Waals surface area contributed by atoms with Crippen molar-refractivity contribution >= 4 is 23.3 Å². The molecule has 3 N–H and O–H groups in total. The Labute approximate surface area is 112 Å². The van der Waals surface area contributed by atoms with Crippen molar-refractivity contribution < 1.29 is 9.59 Å². The van der Waals surface area contributed by atoms with Crippen LogP contribution in [0.4, 0.5) is 16.2 Å². The lowest BCUT2D eigenvalue weighted by atomic mass is 9.94. The van der Waals surface area contributed by atoms with Gasteiger partial charge in [0.2, 0.25) is 5.91 Å². The first-order valence-corrected chi connectivity index (χ1v) is 6.46. The zero-order chi connectivity index (χ0) is 14.0. The first kappa shape index (κ1) is 13.4. The van der Waals surface area contributed by atoms with Gasteiger partial charge in [0, 0.05) is 12.2 Å². The highest BCUT2D eigenvalue weighted by Crippen LogP contribution is 2.24. The van der Waals surface area contributed by atoms with E-state index in [0.717, 1.165) is 6.42 Å². The molecule has 1 fully saturated rings. The maximum Gasteiger partial charge on any atom is 0.328 e. The molecule has 0 spiro atoms. The van der Waals surface area contributed by atoms with Crippen molar-refractivity contribution in [3.63, 3.8) is 0 Å². The van der Waals surface area contributed by atoms with Gasteiger partial charge < -0.3 is 11.1 Å². The summed E-state index contributed by atoms with van der Waals surface area (Å²) < 4.78 is 0. The van der Waals surface area contributed by atoms with Crippen LogP contribution in [0, 0.1) is 11.8 Å². The number of carbonyl (C=O) groups is 2. The van der Waals surface area contributed by atoms with Crippen molar-refractivity contribution in [2.45, 2.75) is 20.3 Å². The summed E-state index contributed by atoms with van der Waals surface area (Å²) in [5.41, 5.74) is 6.76. The number of carbonyl (C=O) groups excluding carboxylic acids is 2. The third-order valence-corrected chi connectivity index (χ3v) is 3.16. The maximum atomic E-state index is 12.4. The summed E-state index contributed by atoms with van der Waals surface area (Å²) >= 11 is 0. The first-order valence-electron chi connectivity index (χ1n) is 6.46. The minimum Gasteiger partial charge on any atom is -0.399 e. The van der Waals surface area contributed by atoms with E-state index < -0.39 is 0 Å². The number of anilines is 2. The van der Waals surface area contributed by atoms with E-state index in [2.05, 4.69) is 19.2 Å². The van der Waals surface area contributed by atoms with Gasteiger partial charge in [-0.15, -0.1) is 0 Å². The van der Waals surface area contributed by atoms with Crippen molar-refractivity contribution in [3.05, 3.63) is 24.3 Å². The lowest BCUT2D eigenvalue weighted by Crippen LogP contribution is -2.55. The van der Waals surface area contributed by atoms with Gasteiger partial charge in [-0.05, 0) is 30.5 Å². The molecule has 19 heavy (non-hydrogen) atoms. The Morgan fingerprint density at radius 3 is 2.79 bits per heavy atom. The van der Waals surface area contributed by atoms with Crippen LogP contribution in [0.15, 0.2) is 24.3 Å². The van der Waals surface area contributed by atoms with E-state index in [1.54, 1.807) is 24.3 Å². The first-order chi connectivity index (χ1) is 8.99. The zero-order valence-corrected chi connectivity index (χ0v) is 11.2. The summed E-state index contributed by atoms with van der Waals surface area (Å²) in [6.07, 6.45) is 0.762. The summed E-state index contributed by atoms with van der Waals surface area (Å²) in [6.45, 7) is 4.54. The number of nitrogens with two attached hydrogens (primary N) is 1. The fourth-order valence-corrected chi connectivity index (χ4v) is 2.32. The fourth-order valence-electron chi connectivity index (χ4n) is 2.32. The molecule has 1 aliphatic rings. The average molecular weight is 261 g/mol. The number of nitrogens with zero attached hydrogens (tertiary/aromatic N) is 1. The van der Waals surface area contributed by atoms with Gasteiger partial charge in [0.15, 0.2) is 0 Å². The molecule has 0 radical (unpaired) electrons. The number of imide groups is 1. The summed E-state index contributed by atoms with van der Waals surface area (Å²) in [4.78, 5) is 25.5. The molecule has 1 unspecified atom stereocenters. The van der Waals surface area contributed by atoms with E-state index in [9.17, 15) is 9.59 Å². The van der Waals surface area contributed by atoms with Crippen molar-refractivity contribution in [3.8, 4) is 0 Å². The van der Waals surface area contributed by atoms with Crippen LogP contribution in [0.25, 0.3) is 0 Å². The summed E-state index contributed by atoms with van der Waals surface area (Å²) in [6, 6.07) is 6.43. The van der Waals surface area contributed by atoms with Crippen LogP contribution in [-0.2, 0) is 4.79 Å². The van der Waals surface area contributed by atoms with Crippen LogP contribution in [0.1, 0.15) is 20.3 Å². The van der Waals surface area contributed by atoms with Crippen LogP contribution >= 0.6 is 0 Å². The summed E-state index contributed by atoms with van der Waals surface area (Å²) in [7, 11) is 0. The second-order valence-corrected chi connectivity index (χ2v) is 5.28. The van der Waals surface area contributed by atoms with E-state index in [1.807, 2.05) is 0 Å². The molecular formula is C14H19N3O2. The Morgan fingerprint density at radius 2 is 2.16 bits per heavy atom. The third-order valence-electron chi connectivity index (χ3n) is 3.16. The van der Waals surface area contributed by atoms with Gasteiger partial charge in [-0.25, -0.2) is 9.69 Å². The van der Waals surface area contributed by atoms with Crippen molar-refractivity contribution in [1.29, 1.82) is 0 Å². The highest BCUT2D eigenvalue weighted by molar-refractivity contribution is 6.16. The molecule has 5 heteroatoms. The molecular weight excluding hydrogens is 242 g/mol. The number of rotatable bonds is 3. The van der Waals surface area contributed by atoms with E-state index >= 15 is 0 Å². The number of urea groups is 1. The van der Waals surface area contributed by atoms with Crippen LogP contribution in [-0.4, -0.2) is 18.5 Å². The molecule has 2 rings (SSSR count). The molecule has 3 amide bonds.